The van der Waals surface area contributed by atoms with Crippen molar-refractivity contribution in [2.75, 3.05) is 0 Å². The lowest BCUT2D eigenvalue weighted by Crippen LogP contribution is -2.05. The number of hydrogen-bond donors (Lipinski definition) is 0. The predicted octanol–water partition coefficient (Wildman–Crippen LogP) is 3.32. The molecule has 0 fully saturated rings. The van der Waals surface area contributed by atoms with Crippen molar-refractivity contribution in [3.05, 3.63) is 29.1 Å². The van der Waals surface area contributed by atoms with Crippen molar-refractivity contribution in [3.63, 3.8) is 0 Å². The SMILES string of the molecule is Cc1ccc(C(=O)CCC(C)C)c(C)n1. The molecule has 0 spiro atoms. The van der Waals surface area contributed by atoms with Crippen molar-refractivity contribution in [1.29, 1.82) is 0 Å². The molecule has 1 heterocycles. The maximum Gasteiger partial charge on any atom is 0.164 e. The number of aromatic nitrogens is 1. The lowest BCUT2D eigenvalue weighted by molar-refractivity contribution is 0.0974. The van der Waals surface area contributed by atoms with Gasteiger partial charge in [0.05, 0.1) is 0 Å². The molecule has 0 radical (unpaired) electrons. The summed E-state index contributed by atoms with van der Waals surface area (Å²) in [6, 6.07) is 3.79. The van der Waals surface area contributed by atoms with Crippen LogP contribution in [-0.4, -0.2) is 10.8 Å². The van der Waals surface area contributed by atoms with E-state index in [2.05, 4.69) is 18.8 Å². The quantitative estimate of drug-likeness (QED) is 0.706. The summed E-state index contributed by atoms with van der Waals surface area (Å²) in [7, 11) is 0. The van der Waals surface area contributed by atoms with Crippen molar-refractivity contribution in [2.45, 2.75) is 40.5 Å². The first-order valence-corrected chi connectivity index (χ1v) is 5.48. The van der Waals surface area contributed by atoms with Crippen LogP contribution in [0.1, 0.15) is 48.4 Å². The normalized spacial score (nSPS) is 10.7. The molecule has 15 heavy (non-hydrogen) atoms. The van der Waals surface area contributed by atoms with Crippen LogP contribution in [0.4, 0.5) is 0 Å². The number of ketones is 1. The van der Waals surface area contributed by atoms with Gasteiger partial charge in [0.25, 0.3) is 0 Å². The van der Waals surface area contributed by atoms with E-state index in [0.29, 0.717) is 12.3 Å². The Morgan fingerprint density at radius 1 is 1.33 bits per heavy atom. The van der Waals surface area contributed by atoms with Gasteiger partial charge in [0.15, 0.2) is 5.78 Å². The number of aryl methyl sites for hydroxylation is 2. The van der Waals surface area contributed by atoms with Gasteiger partial charge < -0.3 is 0 Å². The minimum absolute atomic E-state index is 0.216. The second-order valence-corrected chi connectivity index (χ2v) is 4.44. The monoisotopic (exact) mass is 205 g/mol. The summed E-state index contributed by atoms with van der Waals surface area (Å²) in [5, 5.41) is 0. The van der Waals surface area contributed by atoms with Gasteiger partial charge in [0.1, 0.15) is 0 Å². The topological polar surface area (TPSA) is 30.0 Å². The molecule has 0 saturated carbocycles. The van der Waals surface area contributed by atoms with E-state index in [1.807, 2.05) is 26.0 Å². The van der Waals surface area contributed by atoms with Gasteiger partial charge in [-0.3, -0.25) is 9.78 Å². The molecule has 0 saturated heterocycles. The van der Waals surface area contributed by atoms with Crippen molar-refractivity contribution in [1.82, 2.24) is 4.98 Å². The molecule has 0 amide bonds. The lowest BCUT2D eigenvalue weighted by Gasteiger charge is -2.06. The summed E-state index contributed by atoms with van der Waals surface area (Å²) in [4.78, 5) is 16.1. The standard InChI is InChI=1S/C13H19NO/c1-9(2)5-8-13(15)12-7-6-10(3)14-11(12)4/h6-7,9H,5,8H2,1-4H3. The van der Waals surface area contributed by atoms with E-state index in [4.69, 9.17) is 0 Å². The fourth-order valence-corrected chi connectivity index (χ4v) is 1.54. The van der Waals surface area contributed by atoms with Crippen molar-refractivity contribution < 1.29 is 4.79 Å². The molecule has 0 bridgehead atoms. The maximum absolute atomic E-state index is 11.8. The van der Waals surface area contributed by atoms with Gasteiger partial charge in [-0.1, -0.05) is 13.8 Å². The molecule has 0 aliphatic carbocycles. The highest BCUT2D eigenvalue weighted by atomic mass is 16.1. The van der Waals surface area contributed by atoms with Crippen LogP contribution in [-0.2, 0) is 0 Å². The molecule has 0 aliphatic heterocycles. The number of nitrogens with zero attached hydrogens (tertiary/aromatic N) is 1. The zero-order valence-corrected chi connectivity index (χ0v) is 10.0. The number of pyridine rings is 1. The third-order valence-corrected chi connectivity index (χ3v) is 2.47. The summed E-state index contributed by atoms with van der Waals surface area (Å²) in [5.74, 6) is 0.793. The Morgan fingerprint density at radius 3 is 2.53 bits per heavy atom. The van der Waals surface area contributed by atoms with Gasteiger partial charge in [-0.15, -0.1) is 0 Å². The molecule has 1 aromatic heterocycles. The van der Waals surface area contributed by atoms with Gasteiger partial charge >= 0.3 is 0 Å². The van der Waals surface area contributed by atoms with Gasteiger partial charge in [-0.05, 0) is 38.3 Å². The Hall–Kier alpha value is -1.18. The third-order valence-electron chi connectivity index (χ3n) is 2.47. The van der Waals surface area contributed by atoms with E-state index < -0.39 is 0 Å². The average molecular weight is 205 g/mol. The second kappa shape index (κ2) is 5.06. The van der Waals surface area contributed by atoms with Crippen LogP contribution in [0.5, 0.6) is 0 Å². The molecule has 0 atom stereocenters. The van der Waals surface area contributed by atoms with Crippen LogP contribution in [0.2, 0.25) is 0 Å². The molecular weight excluding hydrogens is 186 g/mol. The summed E-state index contributed by atoms with van der Waals surface area (Å²) in [5.41, 5.74) is 2.60. The van der Waals surface area contributed by atoms with Crippen molar-refractivity contribution >= 4 is 5.78 Å². The number of Topliss-reactive ketones (excluding diaryl/α,β-unsaturated/α-hetero) is 1. The summed E-state index contributed by atoms with van der Waals surface area (Å²) >= 11 is 0. The molecule has 1 rings (SSSR count). The molecule has 1 aromatic rings. The van der Waals surface area contributed by atoms with Crippen molar-refractivity contribution in [3.8, 4) is 0 Å². The molecule has 0 aromatic carbocycles. The van der Waals surface area contributed by atoms with Gasteiger partial charge in [-0.25, -0.2) is 0 Å². The highest BCUT2D eigenvalue weighted by Crippen LogP contribution is 2.13. The highest BCUT2D eigenvalue weighted by molar-refractivity contribution is 5.96. The number of carbonyl (C=O) groups excluding carboxylic acids is 1. The molecule has 0 aliphatic rings. The highest BCUT2D eigenvalue weighted by Gasteiger charge is 2.10. The summed E-state index contributed by atoms with van der Waals surface area (Å²) < 4.78 is 0. The van der Waals surface area contributed by atoms with Gasteiger partial charge in [0.2, 0.25) is 0 Å². The van der Waals surface area contributed by atoms with E-state index in [-0.39, 0.29) is 5.78 Å². The maximum atomic E-state index is 11.8. The zero-order valence-electron chi connectivity index (χ0n) is 10.0. The summed E-state index contributed by atoms with van der Waals surface area (Å²) in [6.45, 7) is 8.10. The first kappa shape index (κ1) is 11.9. The van der Waals surface area contributed by atoms with Crippen LogP contribution in [0.3, 0.4) is 0 Å². The van der Waals surface area contributed by atoms with E-state index in [1.165, 1.54) is 0 Å². The van der Waals surface area contributed by atoms with Crippen LogP contribution < -0.4 is 0 Å². The minimum atomic E-state index is 0.216. The number of rotatable bonds is 4. The molecule has 0 N–H and O–H groups in total. The lowest BCUT2D eigenvalue weighted by atomic mass is 10.0. The van der Waals surface area contributed by atoms with Crippen LogP contribution in [0.25, 0.3) is 0 Å². The van der Waals surface area contributed by atoms with Crippen molar-refractivity contribution in [2.24, 2.45) is 5.92 Å². The number of carbonyl (C=O) groups is 1. The molecule has 2 heteroatoms. The smallest absolute Gasteiger partial charge is 0.164 e. The average Bonchev–Trinajstić information content (AvgIpc) is 2.14. The Morgan fingerprint density at radius 2 is 2.00 bits per heavy atom. The van der Waals surface area contributed by atoms with E-state index in [1.54, 1.807) is 0 Å². The zero-order chi connectivity index (χ0) is 11.4. The molecule has 82 valence electrons. The molecule has 2 nitrogen and oxygen atoms in total. The fraction of sp³-hybridized carbons (Fsp3) is 0.538. The predicted molar refractivity (Wildman–Crippen MR) is 62.1 cm³/mol. The first-order chi connectivity index (χ1) is 7.00. The number of hydrogen-bond acceptors (Lipinski definition) is 2. The third kappa shape index (κ3) is 3.46. The van der Waals surface area contributed by atoms with Gasteiger partial charge in [-0.2, -0.15) is 0 Å². The fourth-order valence-electron chi connectivity index (χ4n) is 1.54. The van der Waals surface area contributed by atoms with Crippen LogP contribution >= 0.6 is 0 Å². The molecular formula is C13H19NO. The van der Waals surface area contributed by atoms with Gasteiger partial charge in [0, 0.05) is 23.4 Å². The molecule has 0 unspecified atom stereocenters. The first-order valence-electron chi connectivity index (χ1n) is 5.48. The van der Waals surface area contributed by atoms with E-state index in [9.17, 15) is 4.79 Å². The Labute approximate surface area is 91.7 Å². The minimum Gasteiger partial charge on any atom is -0.294 e. The summed E-state index contributed by atoms with van der Waals surface area (Å²) in [6.07, 6.45) is 1.58. The Bertz CT molecular complexity index is 356. The Kier molecular flexibility index (Phi) is 4.01. The van der Waals surface area contributed by atoms with E-state index >= 15 is 0 Å². The largest absolute Gasteiger partial charge is 0.294 e. The van der Waals surface area contributed by atoms with Crippen LogP contribution in [0.15, 0.2) is 12.1 Å². The van der Waals surface area contributed by atoms with Crippen LogP contribution in [0, 0.1) is 19.8 Å². The second-order valence-electron chi connectivity index (χ2n) is 4.44. The Balaban J connectivity index is 2.74. The van der Waals surface area contributed by atoms with E-state index in [0.717, 1.165) is 23.4 Å².